The van der Waals surface area contributed by atoms with Gasteiger partial charge in [0.25, 0.3) is 0 Å². The van der Waals surface area contributed by atoms with Crippen LogP contribution in [0.1, 0.15) is 26.7 Å². The fourth-order valence-corrected chi connectivity index (χ4v) is 1.81. The summed E-state index contributed by atoms with van der Waals surface area (Å²) >= 11 is 0. The summed E-state index contributed by atoms with van der Waals surface area (Å²) in [6, 6.07) is 2.82. The highest BCUT2D eigenvalue weighted by atomic mass is 15.1. The molecule has 12 heavy (non-hydrogen) atoms. The van der Waals surface area contributed by atoms with Gasteiger partial charge >= 0.3 is 0 Å². The summed E-state index contributed by atoms with van der Waals surface area (Å²) in [5.74, 6) is 0. The Kier molecular flexibility index (Phi) is 3.31. The number of hydrogen-bond acceptors (Lipinski definition) is 2. The van der Waals surface area contributed by atoms with Gasteiger partial charge in [0.05, 0.1) is 6.07 Å². The molecule has 0 spiro atoms. The zero-order chi connectivity index (χ0) is 8.97. The topological polar surface area (TPSA) is 27.0 Å². The molecule has 2 nitrogen and oxygen atoms in total. The third kappa shape index (κ3) is 1.86. The second-order valence-electron chi connectivity index (χ2n) is 3.16. The van der Waals surface area contributed by atoms with Crippen molar-refractivity contribution in [2.45, 2.75) is 32.7 Å². The third-order valence-corrected chi connectivity index (χ3v) is 2.56. The van der Waals surface area contributed by atoms with Crippen LogP contribution >= 0.6 is 0 Å². The molecule has 1 unspecified atom stereocenters. The van der Waals surface area contributed by atoms with Crippen LogP contribution in [0.25, 0.3) is 0 Å². The minimum Gasteiger partial charge on any atom is -0.300 e. The van der Waals surface area contributed by atoms with E-state index >= 15 is 0 Å². The maximum absolute atomic E-state index is 8.67. The van der Waals surface area contributed by atoms with E-state index in [0.717, 1.165) is 31.5 Å². The summed E-state index contributed by atoms with van der Waals surface area (Å²) in [7, 11) is 0. The molecule has 0 bridgehead atoms. The van der Waals surface area contributed by atoms with Gasteiger partial charge in [-0.3, -0.25) is 0 Å². The summed E-state index contributed by atoms with van der Waals surface area (Å²) in [6.07, 6.45) is 4.09. The van der Waals surface area contributed by atoms with Crippen molar-refractivity contribution < 1.29 is 0 Å². The smallest absolute Gasteiger partial charge is 0.0944 e. The number of rotatable bonds is 3. The van der Waals surface area contributed by atoms with Gasteiger partial charge < -0.3 is 4.90 Å². The van der Waals surface area contributed by atoms with Crippen LogP contribution in [-0.4, -0.2) is 24.0 Å². The zero-order valence-corrected chi connectivity index (χ0v) is 7.88. The van der Waals surface area contributed by atoms with Crippen molar-refractivity contribution in [3.63, 3.8) is 0 Å². The number of nitriles is 1. The molecule has 0 N–H and O–H groups in total. The minimum atomic E-state index is 0.592. The van der Waals surface area contributed by atoms with Crippen LogP contribution in [0.3, 0.4) is 0 Å². The van der Waals surface area contributed by atoms with Gasteiger partial charge in [0.15, 0.2) is 0 Å². The van der Waals surface area contributed by atoms with Gasteiger partial charge in [-0.1, -0.05) is 19.9 Å². The molecule has 0 aromatic rings. The minimum absolute atomic E-state index is 0.592. The Hall–Kier alpha value is -0.810. The van der Waals surface area contributed by atoms with Gasteiger partial charge in [0.1, 0.15) is 0 Å². The largest absolute Gasteiger partial charge is 0.300 e. The molecule has 0 radical (unpaired) electrons. The van der Waals surface area contributed by atoms with Gasteiger partial charge in [-0.2, -0.15) is 5.26 Å². The van der Waals surface area contributed by atoms with Crippen molar-refractivity contribution in [2.24, 2.45) is 0 Å². The van der Waals surface area contributed by atoms with E-state index in [2.05, 4.69) is 30.9 Å². The predicted octanol–water partition coefficient (Wildman–Crippen LogP) is 1.94. The van der Waals surface area contributed by atoms with Crippen molar-refractivity contribution in [3.8, 4) is 6.07 Å². The lowest BCUT2D eigenvalue weighted by molar-refractivity contribution is 0.224. The number of nitrogens with zero attached hydrogens (tertiary/aromatic N) is 2. The summed E-state index contributed by atoms with van der Waals surface area (Å²) in [6.45, 7) is 6.53. The van der Waals surface area contributed by atoms with Crippen molar-refractivity contribution in [1.29, 1.82) is 5.26 Å². The molecule has 1 atom stereocenters. The molecule has 1 aliphatic carbocycles. The van der Waals surface area contributed by atoms with Crippen molar-refractivity contribution in [3.05, 3.63) is 11.6 Å². The highest BCUT2D eigenvalue weighted by Crippen LogP contribution is 2.22. The highest BCUT2D eigenvalue weighted by molar-refractivity contribution is 5.26. The van der Waals surface area contributed by atoms with Crippen LogP contribution in [0.15, 0.2) is 11.6 Å². The second-order valence-corrected chi connectivity index (χ2v) is 3.16. The highest BCUT2D eigenvalue weighted by Gasteiger charge is 2.20. The van der Waals surface area contributed by atoms with Crippen molar-refractivity contribution >= 4 is 0 Å². The van der Waals surface area contributed by atoms with E-state index in [4.69, 9.17) is 5.26 Å². The molecule has 0 aliphatic heterocycles. The molecule has 0 aromatic heterocycles. The molecule has 1 rings (SSSR count). The fraction of sp³-hybridized carbons (Fsp3) is 0.700. The first kappa shape index (κ1) is 9.28. The van der Waals surface area contributed by atoms with E-state index in [9.17, 15) is 0 Å². The quantitative estimate of drug-likeness (QED) is 0.637. The average molecular weight is 164 g/mol. The Balaban J connectivity index is 2.45. The predicted molar refractivity (Wildman–Crippen MR) is 49.6 cm³/mol. The molecule has 66 valence electrons. The first-order chi connectivity index (χ1) is 5.81. The maximum Gasteiger partial charge on any atom is 0.0944 e. The zero-order valence-electron chi connectivity index (χ0n) is 7.88. The van der Waals surface area contributed by atoms with Crippen LogP contribution in [0.4, 0.5) is 0 Å². The Bertz CT molecular complexity index is 208. The standard InChI is InChI=1S/C10H16N2/c1-3-12(4-2)10-6-5-9(7-10)8-11/h5,10H,3-4,6-7H2,1-2H3. The molecule has 0 saturated carbocycles. The number of hydrogen-bond donors (Lipinski definition) is 0. The van der Waals surface area contributed by atoms with E-state index in [1.807, 2.05) is 0 Å². The fourth-order valence-electron chi connectivity index (χ4n) is 1.81. The average Bonchev–Trinajstić information content (AvgIpc) is 2.55. The van der Waals surface area contributed by atoms with Gasteiger partial charge in [-0.05, 0) is 25.9 Å². The molecule has 0 aromatic carbocycles. The van der Waals surface area contributed by atoms with Crippen LogP contribution in [0, 0.1) is 11.3 Å². The Labute approximate surface area is 74.5 Å². The van der Waals surface area contributed by atoms with E-state index in [-0.39, 0.29) is 0 Å². The van der Waals surface area contributed by atoms with E-state index in [0.29, 0.717) is 6.04 Å². The van der Waals surface area contributed by atoms with Gasteiger partial charge in [-0.15, -0.1) is 0 Å². The SMILES string of the molecule is CCN(CC)C1CC=C(C#N)C1. The van der Waals surface area contributed by atoms with E-state index in [1.54, 1.807) is 0 Å². The van der Waals surface area contributed by atoms with Crippen molar-refractivity contribution in [1.82, 2.24) is 4.90 Å². The maximum atomic E-state index is 8.67. The Morgan fingerprint density at radius 1 is 1.58 bits per heavy atom. The lowest BCUT2D eigenvalue weighted by Gasteiger charge is -2.25. The van der Waals surface area contributed by atoms with Crippen LogP contribution in [0.2, 0.25) is 0 Å². The molecular formula is C10H16N2. The summed E-state index contributed by atoms with van der Waals surface area (Å²) in [5.41, 5.74) is 0.965. The van der Waals surface area contributed by atoms with Gasteiger partial charge in [0.2, 0.25) is 0 Å². The summed E-state index contributed by atoms with van der Waals surface area (Å²) < 4.78 is 0. The Morgan fingerprint density at radius 2 is 2.25 bits per heavy atom. The van der Waals surface area contributed by atoms with Crippen LogP contribution < -0.4 is 0 Å². The molecule has 0 amide bonds. The Morgan fingerprint density at radius 3 is 2.67 bits per heavy atom. The van der Waals surface area contributed by atoms with Gasteiger partial charge in [-0.25, -0.2) is 0 Å². The monoisotopic (exact) mass is 164 g/mol. The molecule has 0 saturated heterocycles. The third-order valence-electron chi connectivity index (χ3n) is 2.56. The van der Waals surface area contributed by atoms with Gasteiger partial charge in [0, 0.05) is 11.6 Å². The lowest BCUT2D eigenvalue weighted by Crippen LogP contribution is -2.33. The second kappa shape index (κ2) is 4.27. The van der Waals surface area contributed by atoms with E-state index in [1.165, 1.54) is 0 Å². The molecule has 2 heteroatoms. The normalized spacial score (nSPS) is 22.5. The summed E-state index contributed by atoms with van der Waals surface area (Å²) in [5, 5.41) is 8.67. The summed E-state index contributed by atoms with van der Waals surface area (Å²) in [4.78, 5) is 2.42. The van der Waals surface area contributed by atoms with Crippen LogP contribution in [0.5, 0.6) is 0 Å². The van der Waals surface area contributed by atoms with E-state index < -0.39 is 0 Å². The molecule has 0 heterocycles. The van der Waals surface area contributed by atoms with Crippen molar-refractivity contribution in [2.75, 3.05) is 13.1 Å². The molecule has 0 fully saturated rings. The lowest BCUT2D eigenvalue weighted by atomic mass is 10.1. The first-order valence-corrected chi connectivity index (χ1v) is 4.65. The first-order valence-electron chi connectivity index (χ1n) is 4.65. The molecule has 1 aliphatic rings. The van der Waals surface area contributed by atoms with Crippen LogP contribution in [-0.2, 0) is 0 Å². The molecular weight excluding hydrogens is 148 g/mol.